The normalized spacial score (nSPS) is 10.2. The summed E-state index contributed by atoms with van der Waals surface area (Å²) in [6.45, 7) is 2.93. The van der Waals surface area contributed by atoms with Crippen molar-refractivity contribution in [1.29, 1.82) is 0 Å². The summed E-state index contributed by atoms with van der Waals surface area (Å²) in [6, 6.07) is 15.9. The van der Waals surface area contributed by atoms with Crippen LogP contribution >= 0.6 is 0 Å². The van der Waals surface area contributed by atoms with Gasteiger partial charge < -0.3 is 21.1 Å². The Kier molecular flexibility index (Phi) is 6.42. The standard InChI is InChI=1S/C22H22N4O3/c1-2-24-20-12-17(7-10-19(20)21(27)28)16-5-8-18(9-6-16)26-22(29)25-14-15-4-3-11-23-13-15/h3-13,24H,2,14H2,1H3,(H,27,28)(H2,25,26,29). The van der Waals surface area contributed by atoms with Gasteiger partial charge in [-0.05, 0) is 53.9 Å². The third-order valence-corrected chi connectivity index (χ3v) is 4.27. The van der Waals surface area contributed by atoms with Gasteiger partial charge in [0.1, 0.15) is 0 Å². The Morgan fingerprint density at radius 1 is 1.03 bits per heavy atom. The number of benzene rings is 2. The third kappa shape index (κ3) is 5.32. The molecule has 0 aliphatic rings. The first-order valence-corrected chi connectivity index (χ1v) is 9.22. The lowest BCUT2D eigenvalue weighted by Crippen LogP contribution is -2.28. The fourth-order valence-electron chi connectivity index (χ4n) is 2.85. The van der Waals surface area contributed by atoms with Crippen LogP contribution in [0.1, 0.15) is 22.8 Å². The van der Waals surface area contributed by atoms with Crippen molar-refractivity contribution in [1.82, 2.24) is 10.3 Å². The second-order valence-corrected chi connectivity index (χ2v) is 6.34. The highest BCUT2D eigenvalue weighted by molar-refractivity contribution is 5.95. The van der Waals surface area contributed by atoms with Crippen LogP contribution in [0.3, 0.4) is 0 Å². The number of nitrogens with zero attached hydrogens (tertiary/aromatic N) is 1. The SMILES string of the molecule is CCNc1cc(-c2ccc(NC(=O)NCc3cccnc3)cc2)ccc1C(=O)O. The maximum atomic E-state index is 12.1. The minimum Gasteiger partial charge on any atom is -0.478 e. The van der Waals surface area contributed by atoms with Crippen molar-refractivity contribution < 1.29 is 14.7 Å². The van der Waals surface area contributed by atoms with Crippen LogP contribution < -0.4 is 16.0 Å². The van der Waals surface area contributed by atoms with Crippen molar-refractivity contribution in [2.24, 2.45) is 0 Å². The number of aromatic carboxylic acids is 1. The van der Waals surface area contributed by atoms with Gasteiger partial charge in [0.05, 0.1) is 5.56 Å². The molecule has 0 unspecified atom stereocenters. The number of carboxylic acids is 1. The number of hydrogen-bond acceptors (Lipinski definition) is 4. The number of anilines is 2. The van der Waals surface area contributed by atoms with Gasteiger partial charge >= 0.3 is 12.0 Å². The molecule has 0 aliphatic carbocycles. The molecule has 2 aromatic carbocycles. The molecule has 7 heteroatoms. The van der Waals surface area contributed by atoms with E-state index in [2.05, 4.69) is 20.9 Å². The molecule has 0 bridgehead atoms. The van der Waals surface area contributed by atoms with Gasteiger partial charge in [0.25, 0.3) is 0 Å². The van der Waals surface area contributed by atoms with Gasteiger partial charge in [0.15, 0.2) is 0 Å². The summed E-state index contributed by atoms with van der Waals surface area (Å²) in [5, 5.41) is 17.9. The highest BCUT2D eigenvalue weighted by atomic mass is 16.4. The Hall–Kier alpha value is -3.87. The summed E-state index contributed by atoms with van der Waals surface area (Å²) < 4.78 is 0. The predicted molar refractivity (Wildman–Crippen MR) is 113 cm³/mol. The van der Waals surface area contributed by atoms with E-state index in [0.29, 0.717) is 24.5 Å². The number of carbonyl (C=O) groups is 2. The quantitative estimate of drug-likeness (QED) is 0.484. The van der Waals surface area contributed by atoms with E-state index in [1.54, 1.807) is 36.7 Å². The van der Waals surface area contributed by atoms with E-state index in [4.69, 9.17) is 0 Å². The number of amides is 2. The molecule has 0 radical (unpaired) electrons. The van der Waals surface area contributed by atoms with Crippen molar-refractivity contribution in [2.45, 2.75) is 13.5 Å². The molecule has 3 aromatic rings. The summed E-state index contributed by atoms with van der Waals surface area (Å²) in [5.74, 6) is -0.968. The van der Waals surface area contributed by atoms with Crippen LogP contribution in [0.2, 0.25) is 0 Å². The number of hydrogen-bond donors (Lipinski definition) is 4. The molecule has 2 amide bonds. The van der Waals surface area contributed by atoms with Crippen molar-refractivity contribution in [3.8, 4) is 11.1 Å². The number of urea groups is 1. The van der Waals surface area contributed by atoms with Gasteiger partial charge in [-0.25, -0.2) is 9.59 Å². The third-order valence-electron chi connectivity index (χ3n) is 4.27. The Labute approximate surface area is 168 Å². The second-order valence-electron chi connectivity index (χ2n) is 6.34. The van der Waals surface area contributed by atoms with Gasteiger partial charge in [0.2, 0.25) is 0 Å². The van der Waals surface area contributed by atoms with Crippen molar-refractivity contribution in [3.05, 3.63) is 78.1 Å². The van der Waals surface area contributed by atoms with E-state index in [1.807, 2.05) is 37.3 Å². The smallest absolute Gasteiger partial charge is 0.337 e. The Morgan fingerprint density at radius 2 is 1.79 bits per heavy atom. The van der Waals surface area contributed by atoms with Crippen LogP contribution in [0.15, 0.2) is 67.0 Å². The first-order chi connectivity index (χ1) is 14.1. The highest BCUT2D eigenvalue weighted by Crippen LogP contribution is 2.27. The second kappa shape index (κ2) is 9.36. The molecule has 3 rings (SSSR count). The fourth-order valence-corrected chi connectivity index (χ4v) is 2.85. The lowest BCUT2D eigenvalue weighted by atomic mass is 10.0. The minimum atomic E-state index is -0.968. The van der Waals surface area contributed by atoms with E-state index >= 15 is 0 Å². The van der Waals surface area contributed by atoms with Crippen LogP contribution in [-0.4, -0.2) is 28.6 Å². The summed E-state index contributed by atoms with van der Waals surface area (Å²) >= 11 is 0. The zero-order valence-corrected chi connectivity index (χ0v) is 16.0. The molecule has 1 aromatic heterocycles. The molecule has 0 spiro atoms. The Morgan fingerprint density at radius 3 is 2.45 bits per heavy atom. The molecular weight excluding hydrogens is 368 g/mol. The summed E-state index contributed by atoms with van der Waals surface area (Å²) in [7, 11) is 0. The zero-order valence-electron chi connectivity index (χ0n) is 16.0. The van der Waals surface area contributed by atoms with E-state index in [1.165, 1.54) is 0 Å². The van der Waals surface area contributed by atoms with E-state index in [-0.39, 0.29) is 11.6 Å². The van der Waals surface area contributed by atoms with Crippen molar-refractivity contribution in [2.75, 3.05) is 17.2 Å². The average Bonchev–Trinajstić information content (AvgIpc) is 2.73. The van der Waals surface area contributed by atoms with Crippen LogP contribution in [0.25, 0.3) is 11.1 Å². The predicted octanol–water partition coefficient (Wildman–Crippen LogP) is 4.20. The number of rotatable bonds is 7. The fraction of sp³-hybridized carbons (Fsp3) is 0.136. The molecule has 0 fully saturated rings. The topological polar surface area (TPSA) is 103 Å². The summed E-state index contributed by atoms with van der Waals surface area (Å²) in [6.07, 6.45) is 3.38. The molecule has 0 aliphatic heterocycles. The number of carbonyl (C=O) groups excluding carboxylic acids is 1. The largest absolute Gasteiger partial charge is 0.478 e. The maximum Gasteiger partial charge on any atom is 0.337 e. The van der Waals surface area contributed by atoms with Crippen molar-refractivity contribution in [3.63, 3.8) is 0 Å². The molecule has 7 nitrogen and oxygen atoms in total. The van der Waals surface area contributed by atoms with Crippen LogP contribution in [0, 0.1) is 0 Å². The van der Waals surface area contributed by atoms with Gasteiger partial charge in [-0.1, -0.05) is 24.3 Å². The van der Waals surface area contributed by atoms with Crippen LogP contribution in [-0.2, 0) is 6.54 Å². The van der Waals surface area contributed by atoms with Crippen LogP contribution in [0.4, 0.5) is 16.2 Å². The zero-order chi connectivity index (χ0) is 20.6. The lowest BCUT2D eigenvalue weighted by molar-refractivity contribution is 0.0698. The monoisotopic (exact) mass is 390 g/mol. The average molecular weight is 390 g/mol. The number of nitrogens with one attached hydrogen (secondary N) is 3. The minimum absolute atomic E-state index is 0.235. The van der Waals surface area contributed by atoms with Crippen LogP contribution in [0.5, 0.6) is 0 Å². The lowest BCUT2D eigenvalue weighted by Gasteiger charge is -2.11. The van der Waals surface area contributed by atoms with E-state index in [9.17, 15) is 14.7 Å². The maximum absolute atomic E-state index is 12.1. The Bertz CT molecular complexity index is 989. The first-order valence-electron chi connectivity index (χ1n) is 9.22. The molecule has 1 heterocycles. The van der Waals surface area contributed by atoms with Gasteiger partial charge in [-0.2, -0.15) is 0 Å². The van der Waals surface area contributed by atoms with Gasteiger partial charge in [0, 0.05) is 36.9 Å². The molecule has 0 saturated heterocycles. The number of aromatic nitrogens is 1. The Balaban J connectivity index is 1.66. The summed E-state index contributed by atoms with van der Waals surface area (Å²) in [4.78, 5) is 27.4. The molecule has 29 heavy (non-hydrogen) atoms. The molecule has 0 saturated carbocycles. The van der Waals surface area contributed by atoms with E-state index < -0.39 is 5.97 Å². The molecular formula is C22H22N4O3. The number of pyridine rings is 1. The molecule has 0 atom stereocenters. The first kappa shape index (κ1) is 19.9. The molecule has 4 N–H and O–H groups in total. The summed E-state index contributed by atoms with van der Waals surface area (Å²) in [5.41, 5.74) is 4.19. The van der Waals surface area contributed by atoms with E-state index in [0.717, 1.165) is 16.7 Å². The van der Waals surface area contributed by atoms with Gasteiger partial charge in [-0.3, -0.25) is 4.98 Å². The molecule has 148 valence electrons. The highest BCUT2D eigenvalue weighted by Gasteiger charge is 2.11. The van der Waals surface area contributed by atoms with Gasteiger partial charge in [-0.15, -0.1) is 0 Å². The van der Waals surface area contributed by atoms with Crippen molar-refractivity contribution >= 4 is 23.4 Å². The number of carboxylic acid groups (broad SMARTS) is 1.